The molecule has 1 aliphatic carbocycles. The highest BCUT2D eigenvalue weighted by atomic mass is 16.6. The first kappa shape index (κ1) is 13.8. The van der Waals surface area contributed by atoms with Gasteiger partial charge in [0.25, 0.3) is 0 Å². The van der Waals surface area contributed by atoms with Gasteiger partial charge in [-0.25, -0.2) is 4.79 Å². The number of carboxylic acids is 1. The molecule has 106 valence electrons. The average molecular weight is 270 g/mol. The Hall–Kier alpha value is -1.60. The molecular formula is C12H18N2O5. The van der Waals surface area contributed by atoms with Gasteiger partial charge in [0.15, 0.2) is 0 Å². The summed E-state index contributed by atoms with van der Waals surface area (Å²) in [5.74, 6) is -1.38. The van der Waals surface area contributed by atoms with Gasteiger partial charge in [-0.15, -0.1) is 0 Å². The van der Waals surface area contributed by atoms with Crippen molar-refractivity contribution in [3.8, 4) is 0 Å². The molecule has 2 rings (SSSR count). The highest BCUT2D eigenvalue weighted by molar-refractivity contribution is 5.76. The third kappa shape index (κ3) is 4.22. The molecule has 0 spiro atoms. The van der Waals surface area contributed by atoms with Crippen molar-refractivity contribution in [3.05, 3.63) is 12.2 Å². The largest absolute Gasteiger partial charge is 0.481 e. The van der Waals surface area contributed by atoms with Crippen LogP contribution in [0.4, 0.5) is 4.79 Å². The number of carbonyl (C=O) groups is 2. The lowest BCUT2D eigenvalue weighted by Crippen LogP contribution is -2.46. The predicted molar refractivity (Wildman–Crippen MR) is 65.8 cm³/mol. The molecule has 1 fully saturated rings. The molecule has 7 heteroatoms. The molecule has 0 saturated carbocycles. The second-order valence-corrected chi connectivity index (χ2v) is 4.59. The number of amides is 2. The molecule has 3 atom stereocenters. The zero-order valence-corrected chi connectivity index (χ0v) is 10.5. The molecule has 1 heterocycles. The average Bonchev–Trinajstić information content (AvgIpc) is 2.86. The fourth-order valence-electron chi connectivity index (χ4n) is 2.07. The lowest BCUT2D eigenvalue weighted by atomic mass is 10.1. The van der Waals surface area contributed by atoms with E-state index in [2.05, 4.69) is 10.6 Å². The Kier molecular flexibility index (Phi) is 4.75. The van der Waals surface area contributed by atoms with Crippen LogP contribution in [0.25, 0.3) is 0 Å². The monoisotopic (exact) mass is 270 g/mol. The van der Waals surface area contributed by atoms with Crippen LogP contribution in [-0.4, -0.2) is 55.6 Å². The Morgan fingerprint density at radius 3 is 2.79 bits per heavy atom. The molecule has 1 saturated heterocycles. The summed E-state index contributed by atoms with van der Waals surface area (Å²) >= 11 is 0. The lowest BCUT2D eigenvalue weighted by Gasteiger charge is -2.23. The van der Waals surface area contributed by atoms with E-state index in [0.717, 1.165) is 0 Å². The quantitative estimate of drug-likeness (QED) is 0.611. The number of urea groups is 1. The zero-order valence-electron chi connectivity index (χ0n) is 10.5. The SMILES string of the molecule is O=C(NCC1COCCO1)NC1C=CC(C(=O)O)C1. The second kappa shape index (κ2) is 6.53. The van der Waals surface area contributed by atoms with Crippen LogP contribution in [0.2, 0.25) is 0 Å². The smallest absolute Gasteiger partial charge is 0.315 e. The van der Waals surface area contributed by atoms with Crippen molar-refractivity contribution in [2.45, 2.75) is 18.6 Å². The Morgan fingerprint density at radius 1 is 1.32 bits per heavy atom. The number of aliphatic carboxylic acids is 1. The van der Waals surface area contributed by atoms with Crippen LogP contribution in [0.1, 0.15) is 6.42 Å². The fraction of sp³-hybridized carbons (Fsp3) is 0.667. The van der Waals surface area contributed by atoms with Crippen LogP contribution in [0.15, 0.2) is 12.2 Å². The van der Waals surface area contributed by atoms with Crippen molar-refractivity contribution in [1.82, 2.24) is 10.6 Å². The second-order valence-electron chi connectivity index (χ2n) is 4.59. The minimum atomic E-state index is -0.867. The minimum absolute atomic E-state index is 0.120. The van der Waals surface area contributed by atoms with Gasteiger partial charge in [-0.05, 0) is 6.42 Å². The first-order valence-electron chi connectivity index (χ1n) is 6.30. The summed E-state index contributed by atoms with van der Waals surface area (Å²) in [6.07, 6.45) is 3.58. The van der Waals surface area contributed by atoms with Gasteiger partial charge < -0.3 is 25.2 Å². The van der Waals surface area contributed by atoms with E-state index < -0.39 is 11.9 Å². The van der Waals surface area contributed by atoms with Gasteiger partial charge in [0, 0.05) is 6.54 Å². The summed E-state index contributed by atoms with van der Waals surface area (Å²) in [4.78, 5) is 22.4. The van der Waals surface area contributed by atoms with Crippen LogP contribution in [0, 0.1) is 5.92 Å². The number of nitrogens with one attached hydrogen (secondary N) is 2. The summed E-state index contributed by atoms with van der Waals surface area (Å²) in [6, 6.07) is -0.556. The molecule has 7 nitrogen and oxygen atoms in total. The van der Waals surface area contributed by atoms with Crippen LogP contribution >= 0.6 is 0 Å². The van der Waals surface area contributed by atoms with Crippen molar-refractivity contribution < 1.29 is 24.2 Å². The number of carboxylic acid groups (broad SMARTS) is 1. The Bertz CT molecular complexity index is 365. The van der Waals surface area contributed by atoms with Crippen molar-refractivity contribution in [2.75, 3.05) is 26.4 Å². The van der Waals surface area contributed by atoms with E-state index in [4.69, 9.17) is 14.6 Å². The van der Waals surface area contributed by atoms with Crippen molar-refractivity contribution in [2.24, 2.45) is 5.92 Å². The first-order chi connectivity index (χ1) is 9.15. The molecule has 0 bridgehead atoms. The van der Waals surface area contributed by atoms with E-state index in [-0.39, 0.29) is 18.2 Å². The molecule has 0 aromatic carbocycles. The molecule has 19 heavy (non-hydrogen) atoms. The number of hydrogen-bond donors (Lipinski definition) is 3. The minimum Gasteiger partial charge on any atom is -0.481 e. The van der Waals surface area contributed by atoms with Gasteiger partial charge in [0.2, 0.25) is 0 Å². The van der Waals surface area contributed by atoms with Gasteiger partial charge in [-0.2, -0.15) is 0 Å². The maximum Gasteiger partial charge on any atom is 0.315 e. The van der Waals surface area contributed by atoms with Gasteiger partial charge in [-0.1, -0.05) is 12.2 Å². The standard InChI is InChI=1S/C12H18N2O5/c15-11(16)8-1-2-9(5-8)14-12(17)13-6-10-7-18-3-4-19-10/h1-2,8-10H,3-7H2,(H,15,16)(H2,13,14,17). The third-order valence-corrected chi connectivity index (χ3v) is 3.09. The van der Waals surface area contributed by atoms with E-state index >= 15 is 0 Å². The van der Waals surface area contributed by atoms with E-state index in [9.17, 15) is 9.59 Å². The van der Waals surface area contributed by atoms with Crippen LogP contribution < -0.4 is 10.6 Å². The molecule has 2 amide bonds. The number of ether oxygens (including phenoxy) is 2. The Morgan fingerprint density at radius 2 is 2.16 bits per heavy atom. The highest BCUT2D eigenvalue weighted by Crippen LogP contribution is 2.17. The summed E-state index contributed by atoms with van der Waals surface area (Å²) in [7, 11) is 0. The van der Waals surface area contributed by atoms with Crippen molar-refractivity contribution in [3.63, 3.8) is 0 Å². The molecule has 1 aliphatic heterocycles. The van der Waals surface area contributed by atoms with E-state index in [1.807, 2.05) is 0 Å². The predicted octanol–water partition coefficient (Wildman–Crippen LogP) is -0.270. The molecule has 0 aromatic rings. The topological polar surface area (TPSA) is 96.9 Å². The molecule has 2 aliphatic rings. The van der Waals surface area contributed by atoms with E-state index in [1.54, 1.807) is 12.2 Å². The summed E-state index contributed by atoms with van der Waals surface area (Å²) < 4.78 is 10.6. The van der Waals surface area contributed by atoms with E-state index in [0.29, 0.717) is 32.8 Å². The summed E-state index contributed by atoms with van der Waals surface area (Å²) in [5.41, 5.74) is 0. The first-order valence-corrected chi connectivity index (χ1v) is 6.30. The summed E-state index contributed by atoms with van der Waals surface area (Å²) in [6.45, 7) is 1.99. The lowest BCUT2D eigenvalue weighted by molar-refractivity contribution is -0.140. The van der Waals surface area contributed by atoms with Gasteiger partial charge in [0.05, 0.1) is 37.9 Å². The Balaban J connectivity index is 1.65. The van der Waals surface area contributed by atoms with Gasteiger partial charge in [0.1, 0.15) is 0 Å². The maximum absolute atomic E-state index is 11.6. The Labute approximate surface area is 110 Å². The van der Waals surface area contributed by atoms with Crippen LogP contribution in [0.3, 0.4) is 0 Å². The normalized spacial score (nSPS) is 30.0. The number of rotatable bonds is 4. The molecular weight excluding hydrogens is 252 g/mol. The zero-order chi connectivity index (χ0) is 13.7. The highest BCUT2D eigenvalue weighted by Gasteiger charge is 2.25. The maximum atomic E-state index is 11.6. The van der Waals surface area contributed by atoms with Gasteiger partial charge >= 0.3 is 12.0 Å². The summed E-state index contributed by atoms with van der Waals surface area (Å²) in [5, 5.41) is 14.2. The van der Waals surface area contributed by atoms with Crippen molar-refractivity contribution >= 4 is 12.0 Å². The van der Waals surface area contributed by atoms with Crippen LogP contribution in [-0.2, 0) is 14.3 Å². The van der Waals surface area contributed by atoms with E-state index in [1.165, 1.54) is 0 Å². The number of hydrogen-bond acceptors (Lipinski definition) is 4. The fourth-order valence-corrected chi connectivity index (χ4v) is 2.07. The molecule has 3 N–H and O–H groups in total. The third-order valence-electron chi connectivity index (χ3n) is 3.09. The molecule has 3 unspecified atom stereocenters. The van der Waals surface area contributed by atoms with Gasteiger partial charge in [-0.3, -0.25) is 4.79 Å². The molecule has 0 radical (unpaired) electrons. The van der Waals surface area contributed by atoms with Crippen LogP contribution in [0.5, 0.6) is 0 Å². The molecule has 0 aromatic heterocycles. The number of carbonyl (C=O) groups excluding carboxylic acids is 1. The van der Waals surface area contributed by atoms with Crippen molar-refractivity contribution in [1.29, 1.82) is 0 Å².